The van der Waals surface area contributed by atoms with Gasteiger partial charge in [-0.1, -0.05) is 36.8 Å². The quantitative estimate of drug-likeness (QED) is 0.873. The summed E-state index contributed by atoms with van der Waals surface area (Å²) in [5.74, 6) is 1.47. The highest BCUT2D eigenvalue weighted by Crippen LogP contribution is 2.38. The second kappa shape index (κ2) is 6.64. The van der Waals surface area contributed by atoms with Crippen molar-refractivity contribution in [1.29, 1.82) is 0 Å². The van der Waals surface area contributed by atoms with Gasteiger partial charge >= 0.3 is 0 Å². The summed E-state index contributed by atoms with van der Waals surface area (Å²) in [7, 11) is 0. The summed E-state index contributed by atoms with van der Waals surface area (Å²) < 4.78 is 0. The molecule has 3 aliphatic rings. The number of hydrogen-bond acceptors (Lipinski definition) is 2. The number of rotatable bonds is 5. The van der Waals surface area contributed by atoms with Gasteiger partial charge in [-0.15, -0.1) is 0 Å². The first kappa shape index (κ1) is 15.2. The zero-order valence-corrected chi connectivity index (χ0v) is 13.8. The molecular formula is C20H28N2O. The van der Waals surface area contributed by atoms with Gasteiger partial charge in [0.05, 0.1) is 6.04 Å². The molecule has 3 nitrogen and oxygen atoms in total. The lowest BCUT2D eigenvalue weighted by molar-refractivity contribution is -0.123. The highest BCUT2D eigenvalue weighted by atomic mass is 16.1. The first-order valence-corrected chi connectivity index (χ1v) is 9.38. The van der Waals surface area contributed by atoms with Crippen LogP contribution in [-0.4, -0.2) is 18.0 Å². The Bertz CT molecular complexity index is 528. The summed E-state index contributed by atoms with van der Waals surface area (Å²) in [6.07, 6.45) is 9.49. The fourth-order valence-electron chi connectivity index (χ4n) is 4.74. The Morgan fingerprint density at radius 2 is 1.78 bits per heavy atom. The molecule has 1 amide bonds. The molecule has 0 aromatic heterocycles. The Morgan fingerprint density at radius 1 is 1.09 bits per heavy atom. The van der Waals surface area contributed by atoms with Crippen LogP contribution >= 0.6 is 0 Å². The van der Waals surface area contributed by atoms with Gasteiger partial charge in [0.1, 0.15) is 0 Å². The van der Waals surface area contributed by atoms with E-state index in [-0.39, 0.29) is 11.9 Å². The van der Waals surface area contributed by atoms with Crippen LogP contribution in [0.1, 0.15) is 63.0 Å². The smallest absolute Gasteiger partial charge is 0.220 e. The largest absolute Gasteiger partial charge is 0.349 e. The highest BCUT2D eigenvalue weighted by Gasteiger charge is 2.35. The van der Waals surface area contributed by atoms with E-state index in [2.05, 4.69) is 34.9 Å². The molecule has 3 atom stereocenters. The summed E-state index contributed by atoms with van der Waals surface area (Å²) in [6.45, 7) is 0. The Balaban J connectivity index is 1.37. The molecule has 3 fully saturated rings. The van der Waals surface area contributed by atoms with E-state index in [4.69, 9.17) is 0 Å². The SMILES string of the molecule is O=C(CC1CC2CCC(C1)N2)NC(c1ccccc1)C1CCC1. The average Bonchev–Trinajstić information content (AvgIpc) is 2.84. The first-order chi connectivity index (χ1) is 11.3. The molecule has 2 bridgehead atoms. The summed E-state index contributed by atoms with van der Waals surface area (Å²) in [5.41, 5.74) is 1.27. The molecule has 3 unspecified atom stereocenters. The van der Waals surface area contributed by atoms with E-state index in [1.54, 1.807) is 0 Å². The average molecular weight is 312 g/mol. The van der Waals surface area contributed by atoms with Crippen molar-refractivity contribution >= 4 is 5.91 Å². The van der Waals surface area contributed by atoms with Crippen LogP contribution in [0.2, 0.25) is 0 Å². The fraction of sp³-hybridized carbons (Fsp3) is 0.650. The van der Waals surface area contributed by atoms with Gasteiger partial charge in [0.25, 0.3) is 0 Å². The number of carbonyl (C=O) groups excluding carboxylic acids is 1. The van der Waals surface area contributed by atoms with Crippen molar-refractivity contribution < 1.29 is 4.79 Å². The van der Waals surface area contributed by atoms with Crippen molar-refractivity contribution in [2.75, 3.05) is 0 Å². The summed E-state index contributed by atoms with van der Waals surface area (Å²) in [6, 6.07) is 12.1. The molecule has 2 heterocycles. The maximum Gasteiger partial charge on any atom is 0.220 e. The third-order valence-corrected chi connectivity index (χ3v) is 6.14. The van der Waals surface area contributed by atoms with Crippen LogP contribution in [0.3, 0.4) is 0 Å². The standard InChI is InChI=1S/C20H28N2O/c23-19(13-14-11-17-9-10-18(12-14)21-17)22-20(16-7-4-8-16)15-5-2-1-3-6-15/h1-3,5-6,14,16-18,20-21H,4,7-13H2,(H,22,23). The number of fused-ring (bicyclic) bond motifs is 2. The third kappa shape index (κ3) is 3.45. The van der Waals surface area contributed by atoms with Crippen LogP contribution in [0, 0.1) is 11.8 Å². The van der Waals surface area contributed by atoms with Gasteiger partial charge in [0.2, 0.25) is 5.91 Å². The summed E-state index contributed by atoms with van der Waals surface area (Å²) >= 11 is 0. The van der Waals surface area contributed by atoms with Crippen molar-refractivity contribution in [1.82, 2.24) is 10.6 Å². The van der Waals surface area contributed by atoms with Gasteiger partial charge in [0, 0.05) is 18.5 Å². The van der Waals surface area contributed by atoms with E-state index in [1.165, 1.54) is 50.5 Å². The van der Waals surface area contributed by atoms with E-state index in [0.29, 0.717) is 30.3 Å². The molecule has 2 aliphatic heterocycles. The second-order valence-corrected chi connectivity index (χ2v) is 7.83. The molecule has 1 aliphatic carbocycles. The predicted molar refractivity (Wildman–Crippen MR) is 92.0 cm³/mol. The number of piperidine rings is 1. The number of benzene rings is 1. The van der Waals surface area contributed by atoms with Gasteiger partial charge in [-0.3, -0.25) is 4.79 Å². The lowest BCUT2D eigenvalue weighted by Crippen LogP contribution is -2.41. The van der Waals surface area contributed by atoms with Gasteiger partial charge in [-0.2, -0.15) is 0 Å². The molecule has 4 rings (SSSR count). The minimum Gasteiger partial charge on any atom is -0.349 e. The van der Waals surface area contributed by atoms with Crippen molar-refractivity contribution in [2.45, 2.75) is 69.5 Å². The van der Waals surface area contributed by atoms with E-state index in [1.807, 2.05) is 6.07 Å². The normalized spacial score (nSPS) is 31.4. The van der Waals surface area contributed by atoms with E-state index < -0.39 is 0 Å². The van der Waals surface area contributed by atoms with Crippen LogP contribution < -0.4 is 10.6 Å². The Hall–Kier alpha value is -1.35. The maximum absolute atomic E-state index is 12.6. The van der Waals surface area contributed by atoms with Crippen molar-refractivity contribution in [2.24, 2.45) is 11.8 Å². The molecule has 1 saturated carbocycles. The molecule has 0 radical (unpaired) electrons. The Labute approximate surface area is 139 Å². The summed E-state index contributed by atoms with van der Waals surface area (Å²) in [4.78, 5) is 12.6. The maximum atomic E-state index is 12.6. The third-order valence-electron chi connectivity index (χ3n) is 6.14. The molecule has 1 aromatic carbocycles. The molecule has 2 saturated heterocycles. The highest BCUT2D eigenvalue weighted by molar-refractivity contribution is 5.76. The van der Waals surface area contributed by atoms with Crippen molar-refractivity contribution in [3.63, 3.8) is 0 Å². The Kier molecular flexibility index (Phi) is 4.39. The number of nitrogens with one attached hydrogen (secondary N) is 2. The molecular weight excluding hydrogens is 284 g/mol. The zero-order valence-electron chi connectivity index (χ0n) is 13.8. The predicted octanol–water partition coefficient (Wildman–Crippen LogP) is 3.56. The molecule has 3 heteroatoms. The molecule has 1 aromatic rings. The first-order valence-electron chi connectivity index (χ1n) is 9.38. The van der Waals surface area contributed by atoms with Gasteiger partial charge in [-0.05, 0) is 55.9 Å². The van der Waals surface area contributed by atoms with Crippen molar-refractivity contribution in [3.8, 4) is 0 Å². The summed E-state index contributed by atoms with van der Waals surface area (Å²) in [5, 5.41) is 7.04. The molecule has 2 N–H and O–H groups in total. The van der Waals surface area contributed by atoms with E-state index in [0.717, 1.165) is 0 Å². The number of carbonyl (C=O) groups is 1. The van der Waals surface area contributed by atoms with Crippen molar-refractivity contribution in [3.05, 3.63) is 35.9 Å². The van der Waals surface area contributed by atoms with Gasteiger partial charge < -0.3 is 10.6 Å². The lowest BCUT2D eigenvalue weighted by Gasteiger charge is -2.35. The fourth-order valence-corrected chi connectivity index (χ4v) is 4.74. The second-order valence-electron chi connectivity index (χ2n) is 7.83. The van der Waals surface area contributed by atoms with Crippen LogP contribution in [-0.2, 0) is 4.79 Å². The van der Waals surface area contributed by atoms with E-state index in [9.17, 15) is 4.79 Å². The topological polar surface area (TPSA) is 41.1 Å². The van der Waals surface area contributed by atoms with Crippen LogP contribution in [0.4, 0.5) is 0 Å². The van der Waals surface area contributed by atoms with Gasteiger partial charge in [-0.25, -0.2) is 0 Å². The monoisotopic (exact) mass is 312 g/mol. The molecule has 0 spiro atoms. The van der Waals surface area contributed by atoms with E-state index >= 15 is 0 Å². The minimum atomic E-state index is 0.218. The Morgan fingerprint density at radius 3 is 2.39 bits per heavy atom. The van der Waals surface area contributed by atoms with Crippen LogP contribution in [0.25, 0.3) is 0 Å². The number of amides is 1. The molecule has 23 heavy (non-hydrogen) atoms. The number of hydrogen-bond donors (Lipinski definition) is 2. The molecule has 124 valence electrons. The minimum absolute atomic E-state index is 0.218. The van der Waals surface area contributed by atoms with Gasteiger partial charge in [0.15, 0.2) is 0 Å². The van der Waals surface area contributed by atoms with Crippen LogP contribution in [0.15, 0.2) is 30.3 Å². The van der Waals surface area contributed by atoms with Crippen LogP contribution in [0.5, 0.6) is 0 Å². The zero-order chi connectivity index (χ0) is 15.6. The lowest BCUT2D eigenvalue weighted by atomic mass is 9.77.